The molecule has 1 unspecified atom stereocenters. The number of hydrogen-bond acceptors (Lipinski definition) is 6. The monoisotopic (exact) mass is 552 g/mol. The van der Waals surface area contributed by atoms with E-state index in [1.165, 1.54) is 0 Å². The SMILES string of the molecule is CC(C)c1ccc(-c2ccc(C(C)(C)C)cc2S(=O)(=O)OC(C)C(C)C)c(S(=O)(=O)OCC(C)(C)C)c1. The summed E-state index contributed by atoms with van der Waals surface area (Å²) in [5, 5.41) is 0. The summed E-state index contributed by atoms with van der Waals surface area (Å²) < 4.78 is 65.3. The topological polar surface area (TPSA) is 86.7 Å². The Balaban J connectivity index is 2.88. The molecule has 0 saturated carbocycles. The van der Waals surface area contributed by atoms with E-state index in [-0.39, 0.29) is 50.2 Å². The molecule has 0 aliphatic rings. The lowest BCUT2D eigenvalue weighted by Gasteiger charge is -2.24. The highest BCUT2D eigenvalue weighted by atomic mass is 32.2. The summed E-state index contributed by atoms with van der Waals surface area (Å²) in [6.07, 6.45) is -0.558. The highest BCUT2D eigenvalue weighted by molar-refractivity contribution is 7.87. The zero-order chi connectivity index (χ0) is 28.6. The van der Waals surface area contributed by atoms with Crippen LogP contribution in [0.15, 0.2) is 46.2 Å². The van der Waals surface area contributed by atoms with Crippen molar-refractivity contribution in [3.05, 3.63) is 47.5 Å². The molecule has 0 saturated heterocycles. The molecule has 8 heteroatoms. The van der Waals surface area contributed by atoms with Gasteiger partial charge in [-0.05, 0) is 52.8 Å². The average Bonchev–Trinajstić information content (AvgIpc) is 2.75. The Hall–Kier alpha value is -1.74. The summed E-state index contributed by atoms with van der Waals surface area (Å²) >= 11 is 0. The van der Waals surface area contributed by atoms with Crippen LogP contribution in [0.2, 0.25) is 0 Å². The number of benzene rings is 2. The van der Waals surface area contributed by atoms with Crippen LogP contribution in [-0.2, 0) is 34.0 Å². The molecule has 0 aliphatic carbocycles. The minimum Gasteiger partial charge on any atom is -0.266 e. The van der Waals surface area contributed by atoms with Gasteiger partial charge < -0.3 is 0 Å². The summed E-state index contributed by atoms with van der Waals surface area (Å²) in [4.78, 5) is -0.114. The van der Waals surface area contributed by atoms with Gasteiger partial charge in [0.2, 0.25) is 0 Å². The quantitative estimate of drug-likeness (QED) is 0.304. The molecule has 0 bridgehead atoms. The highest BCUT2D eigenvalue weighted by Gasteiger charge is 2.31. The van der Waals surface area contributed by atoms with Gasteiger partial charge in [-0.1, -0.05) is 93.5 Å². The lowest BCUT2D eigenvalue weighted by atomic mass is 9.86. The third-order valence-electron chi connectivity index (χ3n) is 6.21. The first-order chi connectivity index (χ1) is 16.7. The first kappa shape index (κ1) is 31.5. The van der Waals surface area contributed by atoms with E-state index in [2.05, 4.69) is 0 Å². The van der Waals surface area contributed by atoms with E-state index in [9.17, 15) is 16.8 Å². The van der Waals surface area contributed by atoms with Crippen molar-refractivity contribution in [1.82, 2.24) is 0 Å². The smallest absolute Gasteiger partial charge is 0.266 e. The van der Waals surface area contributed by atoms with Crippen molar-refractivity contribution in [1.29, 1.82) is 0 Å². The largest absolute Gasteiger partial charge is 0.297 e. The Morgan fingerprint density at radius 1 is 0.730 bits per heavy atom. The van der Waals surface area contributed by atoms with Crippen LogP contribution in [0.5, 0.6) is 0 Å². The molecule has 208 valence electrons. The van der Waals surface area contributed by atoms with Crippen molar-refractivity contribution in [2.45, 2.75) is 103 Å². The molecular weight excluding hydrogens is 508 g/mol. The second kappa shape index (κ2) is 11.2. The van der Waals surface area contributed by atoms with Crippen LogP contribution in [0.3, 0.4) is 0 Å². The molecule has 0 aliphatic heterocycles. The highest BCUT2D eigenvalue weighted by Crippen LogP contribution is 2.39. The van der Waals surface area contributed by atoms with E-state index in [4.69, 9.17) is 8.37 Å². The van der Waals surface area contributed by atoms with Gasteiger partial charge in [-0.15, -0.1) is 0 Å². The van der Waals surface area contributed by atoms with Crippen LogP contribution < -0.4 is 0 Å². The molecule has 0 fully saturated rings. The van der Waals surface area contributed by atoms with Crippen molar-refractivity contribution in [2.75, 3.05) is 6.61 Å². The Labute approximate surface area is 225 Å². The Bertz CT molecular complexity index is 1310. The zero-order valence-electron chi connectivity index (χ0n) is 24.2. The standard InChI is InChI=1S/C29H44O6S2/c1-19(2)21(5)35-37(32,33)27-17-23(29(9,10)11)13-15-25(27)24-14-12-22(20(3)4)16-26(24)36(30,31)34-18-28(6,7)8/h12-17,19-21H,18H2,1-11H3. The van der Waals surface area contributed by atoms with Gasteiger partial charge in [-0.25, -0.2) is 0 Å². The number of rotatable bonds is 9. The van der Waals surface area contributed by atoms with Crippen LogP contribution >= 0.6 is 0 Å². The van der Waals surface area contributed by atoms with Gasteiger partial charge in [0.15, 0.2) is 0 Å². The molecule has 2 aromatic carbocycles. The third-order valence-corrected chi connectivity index (χ3v) is 8.95. The number of hydrogen-bond donors (Lipinski definition) is 0. The molecule has 0 N–H and O–H groups in total. The Morgan fingerprint density at radius 3 is 1.70 bits per heavy atom. The second-order valence-corrected chi connectivity index (χ2v) is 15.8. The van der Waals surface area contributed by atoms with E-state index in [0.717, 1.165) is 11.1 Å². The minimum atomic E-state index is -4.23. The summed E-state index contributed by atoms with van der Waals surface area (Å²) in [6.45, 7) is 21.0. The van der Waals surface area contributed by atoms with Crippen LogP contribution in [0.1, 0.15) is 93.2 Å². The predicted octanol–water partition coefficient (Wildman–Crippen LogP) is 7.28. The maximum absolute atomic E-state index is 13.6. The van der Waals surface area contributed by atoms with E-state index < -0.39 is 26.3 Å². The summed E-state index contributed by atoms with van der Waals surface area (Å²) in [5.74, 6) is 0.0309. The fourth-order valence-corrected chi connectivity index (χ4v) is 6.23. The van der Waals surface area contributed by atoms with Gasteiger partial charge in [-0.2, -0.15) is 16.8 Å². The van der Waals surface area contributed by atoms with Gasteiger partial charge in [0.05, 0.1) is 12.7 Å². The van der Waals surface area contributed by atoms with Crippen LogP contribution in [0.4, 0.5) is 0 Å². The van der Waals surface area contributed by atoms with Crippen molar-refractivity contribution >= 4 is 20.2 Å². The summed E-state index contributed by atoms with van der Waals surface area (Å²) in [7, 11) is -8.43. The van der Waals surface area contributed by atoms with E-state index in [1.807, 2.05) is 81.4 Å². The maximum atomic E-state index is 13.6. The molecule has 1 atom stereocenters. The van der Waals surface area contributed by atoms with Gasteiger partial charge in [0, 0.05) is 11.1 Å². The molecule has 0 spiro atoms. The van der Waals surface area contributed by atoms with Gasteiger partial charge in [-0.3, -0.25) is 8.37 Å². The lowest BCUT2D eigenvalue weighted by molar-refractivity contribution is 0.178. The molecule has 2 rings (SSSR count). The molecule has 2 aromatic rings. The molecule has 0 heterocycles. The van der Waals surface area contributed by atoms with Gasteiger partial charge in [0.1, 0.15) is 9.79 Å². The van der Waals surface area contributed by atoms with E-state index in [0.29, 0.717) is 0 Å². The minimum absolute atomic E-state index is 0.0101. The zero-order valence-corrected chi connectivity index (χ0v) is 25.8. The van der Waals surface area contributed by atoms with E-state index in [1.54, 1.807) is 31.2 Å². The average molecular weight is 553 g/mol. The van der Waals surface area contributed by atoms with Crippen LogP contribution in [-0.4, -0.2) is 29.5 Å². The van der Waals surface area contributed by atoms with Gasteiger partial charge in [0.25, 0.3) is 20.2 Å². The van der Waals surface area contributed by atoms with Crippen LogP contribution in [0.25, 0.3) is 11.1 Å². The lowest BCUT2D eigenvalue weighted by Crippen LogP contribution is -2.22. The third kappa shape index (κ3) is 8.12. The Morgan fingerprint density at radius 2 is 1.24 bits per heavy atom. The second-order valence-electron chi connectivity index (χ2n) is 12.6. The molecular formula is C29H44O6S2. The van der Waals surface area contributed by atoms with Crippen molar-refractivity contribution in [2.24, 2.45) is 11.3 Å². The Kier molecular flexibility index (Phi) is 9.50. The van der Waals surface area contributed by atoms with Crippen LogP contribution in [0, 0.1) is 11.3 Å². The molecule has 0 amide bonds. The predicted molar refractivity (Wildman–Crippen MR) is 150 cm³/mol. The van der Waals surface area contributed by atoms with Crippen molar-refractivity contribution < 1.29 is 25.2 Å². The molecule has 0 radical (unpaired) electrons. The molecule has 6 nitrogen and oxygen atoms in total. The first-order valence-corrected chi connectivity index (χ1v) is 15.6. The molecule has 37 heavy (non-hydrogen) atoms. The van der Waals surface area contributed by atoms with E-state index >= 15 is 0 Å². The fourth-order valence-electron chi connectivity index (χ4n) is 3.43. The first-order valence-electron chi connectivity index (χ1n) is 12.8. The normalized spacial score (nSPS) is 14.4. The summed E-state index contributed by atoms with van der Waals surface area (Å²) in [6, 6.07) is 10.2. The summed E-state index contributed by atoms with van der Waals surface area (Å²) in [5.41, 5.74) is 1.41. The molecule has 0 aromatic heterocycles. The van der Waals surface area contributed by atoms with Crippen molar-refractivity contribution in [3.8, 4) is 11.1 Å². The van der Waals surface area contributed by atoms with Gasteiger partial charge >= 0.3 is 0 Å². The fraction of sp³-hybridized carbons (Fsp3) is 0.586. The maximum Gasteiger partial charge on any atom is 0.297 e. The van der Waals surface area contributed by atoms with Crippen molar-refractivity contribution in [3.63, 3.8) is 0 Å².